The minimum absolute atomic E-state index is 0.0694. The molecule has 1 saturated heterocycles. The predicted octanol–water partition coefficient (Wildman–Crippen LogP) is -1.16. The Balaban J connectivity index is 2.07. The number of aliphatic hydroxyl groups excluding tert-OH is 3. The summed E-state index contributed by atoms with van der Waals surface area (Å²) in [7, 11) is 0. The summed E-state index contributed by atoms with van der Waals surface area (Å²) in [5, 5.41) is 27.5. The Morgan fingerprint density at radius 3 is 2.45 bits per heavy atom. The fraction of sp³-hybridized carbons (Fsp3) is 1.00. The molecule has 0 bridgehead atoms. The van der Waals surface area contributed by atoms with Gasteiger partial charge in [0.1, 0.15) is 0 Å². The molecule has 1 heterocycles. The zero-order chi connectivity index (χ0) is 8.01. The van der Waals surface area contributed by atoms with Crippen molar-refractivity contribution in [1.29, 1.82) is 0 Å². The predicted molar refractivity (Wildman–Crippen MR) is 35.6 cm³/mol. The first kappa shape index (κ1) is 7.49. The van der Waals surface area contributed by atoms with Crippen LogP contribution in [0.5, 0.6) is 0 Å². The first-order chi connectivity index (χ1) is 5.18. The Morgan fingerprint density at radius 1 is 1.09 bits per heavy atom. The van der Waals surface area contributed by atoms with Crippen molar-refractivity contribution < 1.29 is 20.1 Å². The molecular weight excluding hydrogens is 148 g/mol. The summed E-state index contributed by atoms with van der Waals surface area (Å²) in [5.74, 6) is -0.0694. The average Bonchev–Trinajstić information content (AvgIpc) is 2.37. The Morgan fingerprint density at radius 2 is 1.82 bits per heavy atom. The van der Waals surface area contributed by atoms with Crippen LogP contribution in [0.4, 0.5) is 0 Å². The van der Waals surface area contributed by atoms with Gasteiger partial charge < -0.3 is 20.1 Å². The monoisotopic (exact) mass is 160 g/mol. The van der Waals surface area contributed by atoms with Crippen LogP contribution in [0.2, 0.25) is 0 Å². The summed E-state index contributed by atoms with van der Waals surface area (Å²) in [5.41, 5.74) is 0. The van der Waals surface area contributed by atoms with Crippen LogP contribution >= 0.6 is 0 Å². The van der Waals surface area contributed by atoms with E-state index < -0.39 is 18.5 Å². The second-order valence-electron chi connectivity index (χ2n) is 3.32. The maximum absolute atomic E-state index is 9.34. The third-order valence-electron chi connectivity index (χ3n) is 2.59. The molecule has 5 atom stereocenters. The summed E-state index contributed by atoms with van der Waals surface area (Å²) < 4.78 is 5.06. The summed E-state index contributed by atoms with van der Waals surface area (Å²) in [6, 6.07) is 0. The molecule has 4 heteroatoms. The zero-order valence-electron chi connectivity index (χ0n) is 6.05. The third kappa shape index (κ3) is 1.06. The van der Waals surface area contributed by atoms with Crippen molar-refractivity contribution in [3.05, 3.63) is 0 Å². The normalized spacial score (nSPS) is 56.5. The second-order valence-corrected chi connectivity index (χ2v) is 3.32. The van der Waals surface area contributed by atoms with Crippen molar-refractivity contribution in [3.8, 4) is 0 Å². The highest BCUT2D eigenvalue weighted by molar-refractivity contribution is 4.95. The van der Waals surface area contributed by atoms with Crippen LogP contribution in [-0.4, -0.2) is 39.9 Å². The summed E-state index contributed by atoms with van der Waals surface area (Å²) in [4.78, 5) is 0. The molecule has 0 aromatic heterocycles. The zero-order valence-corrected chi connectivity index (χ0v) is 6.05. The van der Waals surface area contributed by atoms with E-state index in [2.05, 4.69) is 0 Å². The molecule has 4 nitrogen and oxygen atoms in total. The van der Waals surface area contributed by atoms with Crippen molar-refractivity contribution in [2.75, 3.05) is 0 Å². The van der Waals surface area contributed by atoms with Gasteiger partial charge in [0.25, 0.3) is 0 Å². The van der Waals surface area contributed by atoms with Gasteiger partial charge in [0.2, 0.25) is 0 Å². The van der Waals surface area contributed by atoms with E-state index in [1.165, 1.54) is 0 Å². The minimum Gasteiger partial charge on any atom is -0.390 e. The Labute approximate surface area is 64.4 Å². The van der Waals surface area contributed by atoms with Crippen molar-refractivity contribution in [2.24, 2.45) is 5.92 Å². The van der Waals surface area contributed by atoms with Crippen LogP contribution in [0.25, 0.3) is 0 Å². The lowest BCUT2D eigenvalue weighted by Crippen LogP contribution is -2.25. The standard InChI is InChI=1S/C7H12O4/c8-4-2-5-3(7(4)10)1-6(9)11-5/h3-10H,1-2H2/t3-,4-,5-,6?,7+/m0/s1. The van der Waals surface area contributed by atoms with Gasteiger partial charge in [-0.05, 0) is 0 Å². The molecule has 11 heavy (non-hydrogen) atoms. The van der Waals surface area contributed by atoms with E-state index in [1.807, 2.05) is 0 Å². The summed E-state index contributed by atoms with van der Waals surface area (Å²) in [6.07, 6.45) is -1.37. The molecule has 1 saturated carbocycles. The lowest BCUT2D eigenvalue weighted by Gasteiger charge is -2.12. The number of hydrogen-bond acceptors (Lipinski definition) is 4. The molecule has 2 fully saturated rings. The summed E-state index contributed by atoms with van der Waals surface area (Å²) >= 11 is 0. The highest BCUT2D eigenvalue weighted by Crippen LogP contribution is 2.38. The van der Waals surface area contributed by atoms with Crippen LogP contribution in [-0.2, 0) is 4.74 Å². The second kappa shape index (κ2) is 2.42. The molecule has 1 unspecified atom stereocenters. The maximum atomic E-state index is 9.34. The van der Waals surface area contributed by atoms with Gasteiger partial charge in [0.15, 0.2) is 6.29 Å². The van der Waals surface area contributed by atoms with Crippen LogP contribution in [0.1, 0.15) is 12.8 Å². The van der Waals surface area contributed by atoms with Gasteiger partial charge in [-0.1, -0.05) is 0 Å². The molecule has 0 aromatic rings. The highest BCUT2D eigenvalue weighted by atomic mass is 16.6. The third-order valence-corrected chi connectivity index (χ3v) is 2.59. The van der Waals surface area contributed by atoms with E-state index in [4.69, 9.17) is 9.84 Å². The SMILES string of the molecule is OC1C[C@@H]2[C@@H](O)[C@@H](O)C[C@@H]2O1. The van der Waals surface area contributed by atoms with Crippen molar-refractivity contribution in [2.45, 2.75) is 37.4 Å². The van der Waals surface area contributed by atoms with E-state index in [0.29, 0.717) is 12.8 Å². The molecule has 0 spiro atoms. The van der Waals surface area contributed by atoms with Gasteiger partial charge in [-0.2, -0.15) is 0 Å². The van der Waals surface area contributed by atoms with Crippen molar-refractivity contribution >= 4 is 0 Å². The fourth-order valence-electron chi connectivity index (χ4n) is 2.00. The summed E-state index contributed by atoms with van der Waals surface area (Å²) in [6.45, 7) is 0. The maximum Gasteiger partial charge on any atom is 0.155 e. The van der Waals surface area contributed by atoms with Gasteiger partial charge in [-0.15, -0.1) is 0 Å². The molecule has 0 radical (unpaired) electrons. The molecular formula is C7H12O4. The van der Waals surface area contributed by atoms with Crippen LogP contribution < -0.4 is 0 Å². The lowest BCUT2D eigenvalue weighted by molar-refractivity contribution is -0.0957. The molecule has 1 aliphatic carbocycles. The lowest BCUT2D eigenvalue weighted by atomic mass is 10.0. The van der Waals surface area contributed by atoms with Gasteiger partial charge in [-0.3, -0.25) is 0 Å². The van der Waals surface area contributed by atoms with Crippen molar-refractivity contribution in [1.82, 2.24) is 0 Å². The van der Waals surface area contributed by atoms with Gasteiger partial charge in [0, 0.05) is 18.8 Å². The van der Waals surface area contributed by atoms with Crippen LogP contribution in [0, 0.1) is 5.92 Å². The van der Waals surface area contributed by atoms with Crippen LogP contribution in [0.3, 0.4) is 0 Å². The molecule has 64 valence electrons. The van der Waals surface area contributed by atoms with Gasteiger partial charge in [0.05, 0.1) is 18.3 Å². The number of rotatable bonds is 0. The first-order valence-corrected chi connectivity index (χ1v) is 3.88. The first-order valence-electron chi connectivity index (χ1n) is 3.88. The Kier molecular flexibility index (Phi) is 1.64. The largest absolute Gasteiger partial charge is 0.390 e. The van der Waals surface area contributed by atoms with E-state index in [1.54, 1.807) is 0 Å². The van der Waals surface area contributed by atoms with E-state index in [9.17, 15) is 10.2 Å². The molecule has 2 rings (SSSR count). The average molecular weight is 160 g/mol. The molecule has 2 aliphatic rings. The fourth-order valence-corrected chi connectivity index (χ4v) is 2.00. The molecule has 0 aromatic carbocycles. The molecule has 1 aliphatic heterocycles. The minimum atomic E-state index is -0.743. The highest BCUT2D eigenvalue weighted by Gasteiger charge is 2.48. The Bertz CT molecular complexity index is 161. The number of fused-ring (bicyclic) bond motifs is 1. The van der Waals surface area contributed by atoms with E-state index in [0.717, 1.165) is 0 Å². The molecule has 3 N–H and O–H groups in total. The van der Waals surface area contributed by atoms with Gasteiger partial charge >= 0.3 is 0 Å². The number of ether oxygens (including phenoxy) is 1. The quantitative estimate of drug-likeness (QED) is 0.418. The van der Waals surface area contributed by atoms with E-state index in [-0.39, 0.29) is 12.0 Å². The Hall–Kier alpha value is -0.160. The number of hydrogen-bond donors (Lipinski definition) is 3. The van der Waals surface area contributed by atoms with Crippen molar-refractivity contribution in [3.63, 3.8) is 0 Å². The van der Waals surface area contributed by atoms with Crippen LogP contribution in [0.15, 0.2) is 0 Å². The number of aliphatic hydroxyl groups is 3. The topological polar surface area (TPSA) is 69.9 Å². The molecule has 0 amide bonds. The smallest absolute Gasteiger partial charge is 0.155 e. The van der Waals surface area contributed by atoms with E-state index >= 15 is 0 Å². The van der Waals surface area contributed by atoms with Gasteiger partial charge in [-0.25, -0.2) is 0 Å².